The third-order valence-electron chi connectivity index (χ3n) is 1.52. The molecule has 0 heterocycles. The predicted octanol–water partition coefficient (Wildman–Crippen LogP) is 1.72. The molecule has 0 amide bonds. The first-order valence-electron chi connectivity index (χ1n) is 4.11. The van der Waals surface area contributed by atoms with Gasteiger partial charge in [-0.25, -0.2) is 9.59 Å². The summed E-state index contributed by atoms with van der Waals surface area (Å²) < 4.78 is 5.68. The molecule has 0 aliphatic carbocycles. The number of carboxylic acids is 2. The van der Waals surface area contributed by atoms with Gasteiger partial charge in [-0.3, -0.25) is 0 Å². The molecule has 0 saturated carbocycles. The number of rotatable bonds is 4. The lowest BCUT2D eigenvalue weighted by Crippen LogP contribution is -2.10. The first kappa shape index (κ1) is 12.5. The highest BCUT2D eigenvalue weighted by Crippen LogP contribution is 2.21. The molecule has 2 N–H and O–H groups in total. The van der Waals surface area contributed by atoms with Crippen LogP contribution in [0.5, 0.6) is 5.75 Å². The number of para-hydroxylation sites is 1. The smallest absolute Gasteiger partial charge is 0.372 e. The molecule has 0 unspecified atom stereocenters. The fraction of sp³-hybridized carbons (Fsp3) is 0. The van der Waals surface area contributed by atoms with Gasteiger partial charge >= 0.3 is 11.9 Å². The van der Waals surface area contributed by atoms with Gasteiger partial charge in [0.1, 0.15) is 5.75 Å². The summed E-state index contributed by atoms with van der Waals surface area (Å²) in [5.41, 5.74) is 0. The highest BCUT2D eigenvalue weighted by atomic mass is 127. The van der Waals surface area contributed by atoms with Gasteiger partial charge in [-0.15, -0.1) is 0 Å². The third kappa shape index (κ3) is 3.54. The lowest BCUT2D eigenvalue weighted by molar-refractivity contribution is -0.137. The average Bonchev–Trinajstić information content (AvgIpc) is 2.19. The summed E-state index contributed by atoms with van der Waals surface area (Å²) in [5, 5.41) is 17.2. The van der Waals surface area contributed by atoms with E-state index in [-0.39, 0.29) is 0 Å². The van der Waals surface area contributed by atoms with Gasteiger partial charge in [0.25, 0.3) is 0 Å². The summed E-state index contributed by atoms with van der Waals surface area (Å²) in [4.78, 5) is 21.1. The zero-order valence-corrected chi connectivity index (χ0v) is 10.0. The fourth-order valence-electron chi connectivity index (χ4n) is 0.893. The largest absolute Gasteiger partial charge is 0.478 e. The van der Waals surface area contributed by atoms with E-state index in [9.17, 15) is 9.59 Å². The number of halogens is 1. The third-order valence-corrected chi connectivity index (χ3v) is 2.41. The molecule has 1 aromatic carbocycles. The van der Waals surface area contributed by atoms with Crippen molar-refractivity contribution >= 4 is 34.5 Å². The van der Waals surface area contributed by atoms with Crippen molar-refractivity contribution < 1.29 is 24.5 Å². The zero-order valence-electron chi connectivity index (χ0n) is 7.88. The van der Waals surface area contributed by atoms with Crippen LogP contribution in [0, 0.1) is 3.57 Å². The molecule has 84 valence electrons. The Morgan fingerprint density at radius 2 is 1.88 bits per heavy atom. The summed E-state index contributed by atoms with van der Waals surface area (Å²) in [5.74, 6) is -3.12. The average molecular weight is 334 g/mol. The number of benzene rings is 1. The molecule has 0 spiro atoms. The molecular weight excluding hydrogens is 327 g/mol. The Balaban J connectivity index is 2.98. The van der Waals surface area contributed by atoms with Crippen LogP contribution in [0.4, 0.5) is 0 Å². The van der Waals surface area contributed by atoms with Gasteiger partial charge < -0.3 is 14.9 Å². The molecule has 5 nitrogen and oxygen atoms in total. The van der Waals surface area contributed by atoms with E-state index in [0.29, 0.717) is 15.4 Å². The topological polar surface area (TPSA) is 83.8 Å². The second kappa shape index (κ2) is 5.50. The van der Waals surface area contributed by atoms with E-state index in [1.165, 1.54) is 0 Å². The van der Waals surface area contributed by atoms with Crippen molar-refractivity contribution in [2.24, 2.45) is 0 Å². The Kier molecular flexibility index (Phi) is 4.29. The Bertz CT molecular complexity index is 452. The second-order valence-corrected chi connectivity index (χ2v) is 3.85. The standard InChI is InChI=1S/C10H7IO5/c11-6-3-1-2-4-7(6)16-8(10(14)15)5-9(12)13/h1-5H,(H,12,13)(H,14,15)/b8-5-. The SMILES string of the molecule is O=C(O)/C=C(\Oc1ccccc1I)C(=O)O. The number of carbonyl (C=O) groups is 2. The van der Waals surface area contributed by atoms with E-state index in [2.05, 4.69) is 0 Å². The Labute approximate surface area is 104 Å². The molecule has 0 fully saturated rings. The van der Waals surface area contributed by atoms with Crippen molar-refractivity contribution in [3.63, 3.8) is 0 Å². The number of aliphatic carboxylic acids is 2. The van der Waals surface area contributed by atoms with E-state index in [1.54, 1.807) is 24.3 Å². The molecule has 1 rings (SSSR count). The van der Waals surface area contributed by atoms with Crippen molar-refractivity contribution in [1.29, 1.82) is 0 Å². The van der Waals surface area contributed by atoms with Crippen LogP contribution in [0.25, 0.3) is 0 Å². The number of ether oxygens (including phenoxy) is 1. The summed E-state index contributed by atoms with van der Waals surface area (Å²) in [7, 11) is 0. The van der Waals surface area contributed by atoms with Crippen molar-refractivity contribution in [3.05, 3.63) is 39.7 Å². The molecule has 1 aromatic rings. The van der Waals surface area contributed by atoms with Crippen LogP contribution in [0.3, 0.4) is 0 Å². The van der Waals surface area contributed by atoms with Gasteiger partial charge in [0.15, 0.2) is 0 Å². The number of hydrogen-bond acceptors (Lipinski definition) is 3. The van der Waals surface area contributed by atoms with Gasteiger partial charge in [0.05, 0.1) is 9.65 Å². The molecule has 0 aliphatic rings. The summed E-state index contributed by atoms with van der Waals surface area (Å²) >= 11 is 1.96. The predicted molar refractivity (Wildman–Crippen MR) is 63.1 cm³/mol. The van der Waals surface area contributed by atoms with Crippen LogP contribution in [0.15, 0.2) is 36.1 Å². The molecule has 0 saturated heterocycles. The van der Waals surface area contributed by atoms with Crippen molar-refractivity contribution in [3.8, 4) is 5.75 Å². The monoisotopic (exact) mass is 334 g/mol. The quantitative estimate of drug-likeness (QED) is 0.498. The van der Waals surface area contributed by atoms with E-state index in [1.807, 2.05) is 22.6 Å². The van der Waals surface area contributed by atoms with Gasteiger partial charge in [-0.1, -0.05) is 12.1 Å². The van der Waals surface area contributed by atoms with Crippen molar-refractivity contribution in [2.45, 2.75) is 0 Å². The van der Waals surface area contributed by atoms with Crippen LogP contribution in [-0.4, -0.2) is 22.2 Å². The summed E-state index contributed by atoms with van der Waals surface area (Å²) in [6.45, 7) is 0. The van der Waals surface area contributed by atoms with Crippen molar-refractivity contribution in [2.75, 3.05) is 0 Å². The summed E-state index contributed by atoms with van der Waals surface area (Å²) in [6, 6.07) is 6.70. The van der Waals surface area contributed by atoms with Crippen LogP contribution in [0.2, 0.25) is 0 Å². The molecule has 0 aromatic heterocycles. The van der Waals surface area contributed by atoms with Crippen molar-refractivity contribution in [1.82, 2.24) is 0 Å². The van der Waals surface area contributed by atoms with Crippen LogP contribution in [0.1, 0.15) is 0 Å². The molecule has 0 radical (unpaired) electrons. The molecule has 0 aliphatic heterocycles. The molecule has 0 bridgehead atoms. The van der Waals surface area contributed by atoms with E-state index in [0.717, 1.165) is 0 Å². The molecule has 0 atom stereocenters. The minimum Gasteiger partial charge on any atom is -0.478 e. The maximum absolute atomic E-state index is 10.7. The van der Waals surface area contributed by atoms with Crippen LogP contribution < -0.4 is 4.74 Å². The van der Waals surface area contributed by atoms with Crippen LogP contribution >= 0.6 is 22.6 Å². The maximum Gasteiger partial charge on any atom is 0.372 e. The molecular formula is C10H7IO5. The normalized spacial score (nSPS) is 10.9. The number of hydrogen-bond donors (Lipinski definition) is 2. The van der Waals surface area contributed by atoms with Gasteiger partial charge in [0, 0.05) is 0 Å². The first-order valence-corrected chi connectivity index (χ1v) is 5.19. The lowest BCUT2D eigenvalue weighted by atomic mass is 10.3. The Morgan fingerprint density at radius 1 is 1.25 bits per heavy atom. The Morgan fingerprint density at radius 3 is 2.38 bits per heavy atom. The zero-order chi connectivity index (χ0) is 12.1. The number of carboxylic acid groups (broad SMARTS) is 2. The van der Waals surface area contributed by atoms with E-state index < -0.39 is 17.7 Å². The van der Waals surface area contributed by atoms with Gasteiger partial charge in [0.2, 0.25) is 5.76 Å². The first-order chi connectivity index (χ1) is 7.50. The molecule has 16 heavy (non-hydrogen) atoms. The van der Waals surface area contributed by atoms with E-state index >= 15 is 0 Å². The highest BCUT2D eigenvalue weighted by molar-refractivity contribution is 14.1. The van der Waals surface area contributed by atoms with Gasteiger partial charge in [-0.2, -0.15) is 0 Å². The fourth-order valence-corrected chi connectivity index (χ4v) is 1.39. The second-order valence-electron chi connectivity index (χ2n) is 2.68. The van der Waals surface area contributed by atoms with Crippen LogP contribution in [-0.2, 0) is 9.59 Å². The minimum atomic E-state index is -1.43. The van der Waals surface area contributed by atoms with E-state index in [4.69, 9.17) is 14.9 Å². The summed E-state index contributed by atoms with van der Waals surface area (Å²) in [6.07, 6.45) is 0.505. The lowest BCUT2D eigenvalue weighted by Gasteiger charge is -2.06. The van der Waals surface area contributed by atoms with Gasteiger partial charge in [-0.05, 0) is 34.7 Å². The minimum absolute atomic E-state index is 0.304. The highest BCUT2D eigenvalue weighted by Gasteiger charge is 2.13. The maximum atomic E-state index is 10.7. The Hall–Kier alpha value is -1.57. The molecule has 6 heteroatoms.